The smallest absolute Gasteiger partial charge is 0.244 e. The highest BCUT2D eigenvalue weighted by Crippen LogP contribution is 2.24. The molecule has 10 heteroatoms. The highest BCUT2D eigenvalue weighted by Gasteiger charge is 2.34. The van der Waals surface area contributed by atoms with Gasteiger partial charge in [-0.15, -0.1) is 0 Å². The van der Waals surface area contributed by atoms with Crippen molar-refractivity contribution in [3.05, 3.63) is 95.8 Å². The third kappa shape index (κ3) is 8.31. The molecule has 0 bridgehead atoms. The van der Waals surface area contributed by atoms with Crippen LogP contribution in [0, 0.1) is 5.82 Å². The van der Waals surface area contributed by atoms with Gasteiger partial charge in [-0.3, -0.25) is 13.9 Å². The molecule has 0 aromatic heterocycles. The molecule has 1 atom stereocenters. The SMILES string of the molecule is COc1cccc(CN(C(=O)CN(c2ccccc2F)S(C)(=O)=O)[C@H](Cc2ccccc2)C(=O)NC2CCCCC2)c1. The molecule has 1 aliphatic carbocycles. The van der Waals surface area contributed by atoms with E-state index >= 15 is 0 Å². The maximum absolute atomic E-state index is 14.8. The number of carbonyl (C=O) groups excluding carboxylic acids is 2. The molecule has 3 aromatic carbocycles. The highest BCUT2D eigenvalue weighted by molar-refractivity contribution is 7.92. The summed E-state index contributed by atoms with van der Waals surface area (Å²) in [5, 5.41) is 3.16. The Bertz CT molecular complexity index is 1460. The molecule has 2 amide bonds. The molecule has 42 heavy (non-hydrogen) atoms. The highest BCUT2D eigenvalue weighted by atomic mass is 32.2. The molecular formula is C32H38FN3O5S. The van der Waals surface area contributed by atoms with Crippen molar-refractivity contribution in [2.24, 2.45) is 0 Å². The second-order valence-electron chi connectivity index (χ2n) is 10.6. The fraction of sp³-hybridized carbons (Fsp3) is 0.375. The van der Waals surface area contributed by atoms with Gasteiger partial charge in [0.2, 0.25) is 21.8 Å². The summed E-state index contributed by atoms with van der Waals surface area (Å²) in [5.74, 6) is -1.13. The average molecular weight is 596 g/mol. The van der Waals surface area contributed by atoms with E-state index in [2.05, 4.69) is 5.32 Å². The van der Waals surface area contributed by atoms with Gasteiger partial charge in [0.25, 0.3) is 0 Å². The van der Waals surface area contributed by atoms with E-state index in [1.807, 2.05) is 36.4 Å². The van der Waals surface area contributed by atoms with Gasteiger partial charge in [0.15, 0.2) is 0 Å². The second-order valence-corrected chi connectivity index (χ2v) is 12.6. The quantitative estimate of drug-likeness (QED) is 0.328. The predicted octanol–water partition coefficient (Wildman–Crippen LogP) is 4.69. The molecule has 0 unspecified atom stereocenters. The van der Waals surface area contributed by atoms with E-state index in [1.165, 1.54) is 30.2 Å². The summed E-state index contributed by atoms with van der Waals surface area (Å²) in [6.07, 6.45) is 6.03. The molecule has 0 heterocycles. The molecule has 224 valence electrons. The van der Waals surface area contributed by atoms with E-state index in [1.54, 1.807) is 18.2 Å². The van der Waals surface area contributed by atoms with Gasteiger partial charge in [0.05, 0.1) is 19.1 Å². The number of anilines is 1. The third-order valence-corrected chi connectivity index (χ3v) is 8.64. The largest absolute Gasteiger partial charge is 0.497 e. The van der Waals surface area contributed by atoms with Gasteiger partial charge in [-0.25, -0.2) is 12.8 Å². The molecule has 1 aliphatic rings. The molecule has 1 fully saturated rings. The van der Waals surface area contributed by atoms with Gasteiger partial charge >= 0.3 is 0 Å². The van der Waals surface area contributed by atoms with E-state index in [0.29, 0.717) is 11.3 Å². The van der Waals surface area contributed by atoms with Crippen LogP contribution in [0.3, 0.4) is 0 Å². The number of amides is 2. The number of hydrogen-bond acceptors (Lipinski definition) is 5. The molecule has 0 spiro atoms. The minimum atomic E-state index is -4.05. The monoisotopic (exact) mass is 595 g/mol. The number of carbonyl (C=O) groups is 2. The third-order valence-electron chi connectivity index (χ3n) is 7.51. The van der Waals surface area contributed by atoms with E-state index in [9.17, 15) is 22.4 Å². The number of methoxy groups -OCH3 is 1. The molecule has 0 saturated heterocycles. The van der Waals surface area contributed by atoms with Gasteiger partial charge in [-0.1, -0.05) is 73.9 Å². The molecule has 3 aromatic rings. The Labute approximate surface area is 247 Å². The van der Waals surface area contributed by atoms with Crippen LogP contribution in [0.1, 0.15) is 43.2 Å². The van der Waals surface area contributed by atoms with E-state index < -0.39 is 34.3 Å². The van der Waals surface area contributed by atoms with Crippen LogP contribution in [0.2, 0.25) is 0 Å². The maximum Gasteiger partial charge on any atom is 0.244 e. The fourth-order valence-electron chi connectivity index (χ4n) is 5.31. The zero-order valence-electron chi connectivity index (χ0n) is 24.0. The van der Waals surface area contributed by atoms with E-state index in [4.69, 9.17) is 4.74 Å². The lowest BCUT2D eigenvalue weighted by molar-refractivity contribution is -0.140. The molecule has 8 nitrogen and oxygen atoms in total. The number of ether oxygens (including phenoxy) is 1. The molecule has 0 radical (unpaired) electrons. The van der Waals surface area contributed by atoms with Crippen molar-refractivity contribution < 1.29 is 27.1 Å². The Morgan fingerprint density at radius 2 is 1.62 bits per heavy atom. The Kier molecular flexibility index (Phi) is 10.6. The number of rotatable bonds is 12. The van der Waals surface area contributed by atoms with Gasteiger partial charge < -0.3 is 15.0 Å². The van der Waals surface area contributed by atoms with Crippen LogP contribution in [0.15, 0.2) is 78.9 Å². The van der Waals surface area contributed by atoms with Crippen molar-refractivity contribution in [3.63, 3.8) is 0 Å². The van der Waals surface area contributed by atoms with Crippen LogP contribution in [-0.2, 0) is 32.6 Å². The number of hydrogen-bond donors (Lipinski definition) is 1. The Hall–Kier alpha value is -3.92. The minimum absolute atomic E-state index is 0.00391. The number of para-hydroxylation sites is 1. The molecule has 1 saturated carbocycles. The summed E-state index contributed by atoms with van der Waals surface area (Å²) in [6.45, 7) is -0.660. The van der Waals surface area contributed by atoms with Crippen LogP contribution in [0.5, 0.6) is 5.75 Å². The van der Waals surface area contributed by atoms with E-state index in [0.717, 1.165) is 54.3 Å². The predicted molar refractivity (Wildman–Crippen MR) is 161 cm³/mol. The van der Waals surface area contributed by atoms with Crippen LogP contribution in [0.4, 0.5) is 10.1 Å². The summed E-state index contributed by atoms with van der Waals surface area (Å²) in [6, 6.07) is 21.0. The Balaban J connectivity index is 1.74. The number of benzene rings is 3. The molecule has 1 N–H and O–H groups in total. The van der Waals surface area contributed by atoms with Gasteiger partial charge in [0.1, 0.15) is 24.2 Å². The standard InChI is InChI=1S/C32H38FN3O5S/c1-41-27-17-11-14-25(20-27)22-35(31(37)23-36(42(2,39)40)29-19-10-9-18-28(29)33)30(21-24-12-5-3-6-13-24)32(38)34-26-15-7-4-8-16-26/h3,5-6,9-14,17-20,26,30H,4,7-8,15-16,21-23H2,1-2H3,(H,34,38)/t30-/m1/s1. The summed E-state index contributed by atoms with van der Waals surface area (Å²) in [5.41, 5.74) is 1.31. The first-order valence-electron chi connectivity index (χ1n) is 14.1. The van der Waals surface area contributed by atoms with Crippen molar-refractivity contribution in [2.45, 2.75) is 57.2 Å². The molecular weight excluding hydrogens is 557 g/mol. The normalized spacial score (nSPS) is 14.5. The number of sulfonamides is 1. The van der Waals surface area contributed by atoms with Crippen molar-refractivity contribution >= 4 is 27.5 Å². The van der Waals surface area contributed by atoms with Crippen LogP contribution >= 0.6 is 0 Å². The van der Waals surface area contributed by atoms with Gasteiger partial charge in [-0.2, -0.15) is 0 Å². The maximum atomic E-state index is 14.8. The first kappa shape index (κ1) is 31.0. The number of halogens is 1. The van der Waals surface area contributed by atoms with Crippen molar-refractivity contribution in [3.8, 4) is 5.75 Å². The molecule has 0 aliphatic heterocycles. The fourth-order valence-corrected chi connectivity index (χ4v) is 6.16. The van der Waals surface area contributed by atoms with Crippen molar-refractivity contribution in [1.82, 2.24) is 10.2 Å². The van der Waals surface area contributed by atoms with Crippen LogP contribution < -0.4 is 14.4 Å². The average Bonchev–Trinajstić information content (AvgIpc) is 2.98. The minimum Gasteiger partial charge on any atom is -0.497 e. The second kappa shape index (κ2) is 14.3. The van der Waals surface area contributed by atoms with Crippen LogP contribution in [-0.4, -0.2) is 57.1 Å². The lowest BCUT2D eigenvalue weighted by Gasteiger charge is -2.35. The van der Waals surface area contributed by atoms with Crippen molar-refractivity contribution in [2.75, 3.05) is 24.2 Å². The van der Waals surface area contributed by atoms with Gasteiger partial charge in [0, 0.05) is 19.0 Å². The summed E-state index contributed by atoms with van der Waals surface area (Å²) < 4.78 is 46.6. The van der Waals surface area contributed by atoms with Crippen molar-refractivity contribution in [1.29, 1.82) is 0 Å². The lowest BCUT2D eigenvalue weighted by Crippen LogP contribution is -2.55. The Morgan fingerprint density at radius 1 is 0.952 bits per heavy atom. The lowest BCUT2D eigenvalue weighted by atomic mass is 9.94. The first-order chi connectivity index (χ1) is 20.2. The van der Waals surface area contributed by atoms with Crippen LogP contribution in [0.25, 0.3) is 0 Å². The van der Waals surface area contributed by atoms with E-state index in [-0.39, 0.29) is 30.6 Å². The summed E-state index contributed by atoms with van der Waals surface area (Å²) >= 11 is 0. The zero-order chi connectivity index (χ0) is 30.1. The summed E-state index contributed by atoms with van der Waals surface area (Å²) in [7, 11) is -2.52. The zero-order valence-corrected chi connectivity index (χ0v) is 24.9. The number of nitrogens with one attached hydrogen (secondary N) is 1. The Morgan fingerprint density at radius 3 is 2.29 bits per heavy atom. The number of nitrogens with zero attached hydrogens (tertiary/aromatic N) is 2. The van der Waals surface area contributed by atoms with Gasteiger partial charge in [-0.05, 0) is 48.2 Å². The first-order valence-corrected chi connectivity index (χ1v) is 16.0. The molecule has 4 rings (SSSR count). The summed E-state index contributed by atoms with van der Waals surface area (Å²) in [4.78, 5) is 29.5. The topological polar surface area (TPSA) is 96.0 Å².